The minimum atomic E-state index is -0.273. The number of ether oxygens (including phenoxy) is 2. The van der Waals surface area contributed by atoms with E-state index in [1.165, 1.54) is 4.68 Å². The summed E-state index contributed by atoms with van der Waals surface area (Å²) in [5, 5.41) is 13.1. The van der Waals surface area contributed by atoms with Crippen LogP contribution >= 0.6 is 0 Å². The van der Waals surface area contributed by atoms with E-state index in [0.717, 1.165) is 6.42 Å². The lowest BCUT2D eigenvalue weighted by molar-refractivity contribution is -0.122. The monoisotopic (exact) mass is 227 g/mol. The number of nitrogens with zero attached hydrogens (tertiary/aromatic N) is 4. The molecule has 8 nitrogen and oxygen atoms in total. The smallest absolute Gasteiger partial charge is 0.252 e. The van der Waals surface area contributed by atoms with Gasteiger partial charge in [-0.05, 0) is 16.8 Å². The van der Waals surface area contributed by atoms with Crippen molar-refractivity contribution in [3.8, 4) is 0 Å². The molecule has 1 aliphatic heterocycles. The second kappa shape index (κ2) is 4.99. The van der Waals surface area contributed by atoms with Crippen LogP contribution < -0.4 is 5.32 Å². The van der Waals surface area contributed by atoms with Gasteiger partial charge in [-0.1, -0.05) is 5.10 Å². The highest BCUT2D eigenvalue weighted by Crippen LogP contribution is 2.07. The maximum Gasteiger partial charge on any atom is 0.252 e. The van der Waals surface area contributed by atoms with Crippen LogP contribution in [-0.2, 0) is 21.3 Å². The Kier molecular flexibility index (Phi) is 3.42. The number of aromatic nitrogens is 4. The summed E-state index contributed by atoms with van der Waals surface area (Å²) in [5.41, 5.74) is 0. The summed E-state index contributed by atoms with van der Waals surface area (Å²) in [5.74, 6) is 0.0288. The predicted octanol–water partition coefficient (Wildman–Crippen LogP) is -1.05. The number of anilines is 1. The van der Waals surface area contributed by atoms with Gasteiger partial charge in [0, 0.05) is 13.7 Å². The number of nitrogens with one attached hydrogen (secondary N) is 1. The van der Waals surface area contributed by atoms with E-state index < -0.39 is 0 Å². The number of tetrazole rings is 1. The molecule has 0 bridgehead atoms. The Labute approximate surface area is 91.9 Å². The molecule has 0 saturated carbocycles. The Bertz CT molecular complexity index is 360. The molecule has 1 amide bonds. The molecule has 1 N–H and O–H groups in total. The fourth-order valence-electron chi connectivity index (χ4n) is 1.33. The van der Waals surface area contributed by atoms with Crippen LogP contribution in [0.5, 0.6) is 0 Å². The SMILES string of the molecule is Cn1nnnc1NC(=O)COC1CCOC1. The molecule has 16 heavy (non-hydrogen) atoms. The quantitative estimate of drug-likeness (QED) is 0.706. The molecule has 1 unspecified atom stereocenters. The number of carbonyl (C=O) groups excluding carboxylic acids is 1. The lowest BCUT2D eigenvalue weighted by Crippen LogP contribution is -2.24. The number of hydrogen-bond acceptors (Lipinski definition) is 6. The summed E-state index contributed by atoms with van der Waals surface area (Å²) in [6.45, 7) is 1.24. The molecule has 2 rings (SSSR count). The van der Waals surface area contributed by atoms with E-state index in [0.29, 0.717) is 19.2 Å². The summed E-state index contributed by atoms with van der Waals surface area (Å²) in [6.07, 6.45) is 0.849. The van der Waals surface area contributed by atoms with Crippen molar-refractivity contribution in [3.63, 3.8) is 0 Å². The van der Waals surface area contributed by atoms with Gasteiger partial charge in [-0.2, -0.15) is 0 Å². The third kappa shape index (κ3) is 2.74. The summed E-state index contributed by atoms with van der Waals surface area (Å²) >= 11 is 0. The van der Waals surface area contributed by atoms with Crippen LogP contribution in [0.4, 0.5) is 5.95 Å². The molecule has 1 saturated heterocycles. The first-order chi connectivity index (χ1) is 7.75. The van der Waals surface area contributed by atoms with Gasteiger partial charge in [0.05, 0.1) is 12.7 Å². The molecule has 0 aliphatic carbocycles. The predicted molar refractivity (Wildman–Crippen MR) is 52.6 cm³/mol. The average molecular weight is 227 g/mol. The number of carbonyl (C=O) groups is 1. The zero-order valence-electron chi connectivity index (χ0n) is 8.92. The standard InChI is InChI=1S/C8H13N5O3/c1-13-8(10-11-12-13)9-7(14)5-16-6-2-3-15-4-6/h6H,2-5H2,1H3,(H,9,10,12,14). The number of rotatable bonds is 4. The van der Waals surface area contributed by atoms with Crippen molar-refractivity contribution in [2.75, 3.05) is 25.1 Å². The highest BCUT2D eigenvalue weighted by Gasteiger charge is 2.17. The molecule has 0 aromatic carbocycles. The van der Waals surface area contributed by atoms with Crippen molar-refractivity contribution in [2.45, 2.75) is 12.5 Å². The van der Waals surface area contributed by atoms with Crippen molar-refractivity contribution >= 4 is 11.9 Å². The van der Waals surface area contributed by atoms with Crippen LogP contribution in [0.2, 0.25) is 0 Å². The Hall–Kier alpha value is -1.54. The molecule has 1 atom stereocenters. The second-order valence-corrected chi connectivity index (χ2v) is 3.47. The first-order valence-corrected chi connectivity index (χ1v) is 4.97. The van der Waals surface area contributed by atoms with Gasteiger partial charge in [0.15, 0.2) is 0 Å². The van der Waals surface area contributed by atoms with E-state index in [1.54, 1.807) is 7.05 Å². The Morgan fingerprint density at radius 3 is 3.25 bits per heavy atom. The summed E-state index contributed by atoms with van der Waals surface area (Å²) < 4.78 is 11.8. The zero-order chi connectivity index (χ0) is 11.4. The van der Waals surface area contributed by atoms with Gasteiger partial charge >= 0.3 is 0 Å². The van der Waals surface area contributed by atoms with Gasteiger partial charge in [0.25, 0.3) is 5.91 Å². The van der Waals surface area contributed by atoms with E-state index in [-0.39, 0.29) is 18.6 Å². The largest absolute Gasteiger partial charge is 0.379 e. The van der Waals surface area contributed by atoms with Crippen LogP contribution in [0.25, 0.3) is 0 Å². The molecule has 1 fully saturated rings. The average Bonchev–Trinajstić information content (AvgIpc) is 2.88. The zero-order valence-corrected chi connectivity index (χ0v) is 8.92. The van der Waals surface area contributed by atoms with Crippen LogP contribution in [0.15, 0.2) is 0 Å². The summed E-state index contributed by atoms with van der Waals surface area (Å²) in [7, 11) is 1.64. The highest BCUT2D eigenvalue weighted by molar-refractivity contribution is 5.89. The van der Waals surface area contributed by atoms with Crippen molar-refractivity contribution < 1.29 is 14.3 Å². The Morgan fingerprint density at radius 2 is 2.62 bits per heavy atom. The van der Waals surface area contributed by atoms with E-state index in [1.807, 2.05) is 0 Å². The Morgan fingerprint density at radius 1 is 1.75 bits per heavy atom. The van der Waals surface area contributed by atoms with E-state index in [4.69, 9.17) is 9.47 Å². The summed E-state index contributed by atoms with van der Waals surface area (Å²) in [6, 6.07) is 0. The molecule has 88 valence electrons. The van der Waals surface area contributed by atoms with Crippen LogP contribution in [-0.4, -0.2) is 52.0 Å². The maximum atomic E-state index is 11.4. The first-order valence-electron chi connectivity index (χ1n) is 4.97. The maximum absolute atomic E-state index is 11.4. The van der Waals surface area contributed by atoms with Gasteiger partial charge in [0.2, 0.25) is 5.95 Å². The summed E-state index contributed by atoms with van der Waals surface area (Å²) in [4.78, 5) is 11.4. The lowest BCUT2D eigenvalue weighted by Gasteiger charge is -2.08. The fraction of sp³-hybridized carbons (Fsp3) is 0.750. The number of amides is 1. The number of hydrogen-bond donors (Lipinski definition) is 1. The van der Waals surface area contributed by atoms with Gasteiger partial charge in [-0.15, -0.1) is 0 Å². The molecular formula is C8H13N5O3. The molecule has 8 heteroatoms. The van der Waals surface area contributed by atoms with Crippen LogP contribution in [0.1, 0.15) is 6.42 Å². The second-order valence-electron chi connectivity index (χ2n) is 3.47. The molecule has 1 aromatic rings. The molecule has 1 aliphatic rings. The van der Waals surface area contributed by atoms with Crippen molar-refractivity contribution in [2.24, 2.45) is 7.05 Å². The lowest BCUT2D eigenvalue weighted by atomic mass is 10.3. The first kappa shape index (κ1) is 11.0. The van der Waals surface area contributed by atoms with E-state index in [9.17, 15) is 4.79 Å². The Balaban J connectivity index is 1.74. The minimum Gasteiger partial charge on any atom is -0.379 e. The molecule has 0 spiro atoms. The van der Waals surface area contributed by atoms with E-state index in [2.05, 4.69) is 20.8 Å². The molecule has 1 aromatic heterocycles. The fourth-order valence-corrected chi connectivity index (χ4v) is 1.33. The van der Waals surface area contributed by atoms with Gasteiger partial charge < -0.3 is 9.47 Å². The normalized spacial score (nSPS) is 19.9. The third-order valence-corrected chi connectivity index (χ3v) is 2.21. The van der Waals surface area contributed by atoms with Crippen molar-refractivity contribution in [1.29, 1.82) is 0 Å². The van der Waals surface area contributed by atoms with Crippen molar-refractivity contribution in [1.82, 2.24) is 20.2 Å². The van der Waals surface area contributed by atoms with Gasteiger partial charge in [-0.25, -0.2) is 4.68 Å². The van der Waals surface area contributed by atoms with Crippen LogP contribution in [0, 0.1) is 0 Å². The van der Waals surface area contributed by atoms with Crippen LogP contribution in [0.3, 0.4) is 0 Å². The molecular weight excluding hydrogens is 214 g/mol. The minimum absolute atomic E-state index is 0.0130. The van der Waals surface area contributed by atoms with Crippen molar-refractivity contribution in [3.05, 3.63) is 0 Å². The molecule has 0 radical (unpaired) electrons. The topological polar surface area (TPSA) is 91.2 Å². The molecule has 2 heterocycles. The highest BCUT2D eigenvalue weighted by atomic mass is 16.5. The van der Waals surface area contributed by atoms with Gasteiger partial charge in [-0.3, -0.25) is 10.1 Å². The van der Waals surface area contributed by atoms with Gasteiger partial charge in [0.1, 0.15) is 6.61 Å². The van der Waals surface area contributed by atoms with E-state index >= 15 is 0 Å². The third-order valence-electron chi connectivity index (χ3n) is 2.21. The number of aryl methyl sites for hydroxylation is 1.